The number of hydrogen-bond donors (Lipinski definition) is 4. The molecule has 4 heteroatoms. The molecule has 0 heterocycles. The molecule has 0 spiro atoms. The number of aryl methyl sites for hydroxylation is 1. The number of hydrogen-bond acceptors (Lipinski definition) is 4. The van der Waals surface area contributed by atoms with Crippen LogP contribution in [-0.2, 0) is 6.42 Å². The SMILES string of the molecule is NC[C@H](N)c1cc(CCCO)ccc1O. The van der Waals surface area contributed by atoms with Crippen LogP contribution < -0.4 is 11.5 Å². The van der Waals surface area contributed by atoms with Gasteiger partial charge in [-0.25, -0.2) is 0 Å². The van der Waals surface area contributed by atoms with E-state index in [-0.39, 0.29) is 18.4 Å². The van der Waals surface area contributed by atoms with Crippen molar-refractivity contribution in [2.24, 2.45) is 11.5 Å². The van der Waals surface area contributed by atoms with Gasteiger partial charge >= 0.3 is 0 Å². The van der Waals surface area contributed by atoms with Gasteiger partial charge in [0.1, 0.15) is 5.75 Å². The van der Waals surface area contributed by atoms with Crippen molar-refractivity contribution in [3.05, 3.63) is 29.3 Å². The average Bonchev–Trinajstić information content (AvgIpc) is 2.27. The summed E-state index contributed by atoms with van der Waals surface area (Å²) in [5.41, 5.74) is 12.9. The molecule has 1 rings (SSSR count). The van der Waals surface area contributed by atoms with Crippen LogP contribution in [0.3, 0.4) is 0 Å². The second-order valence-corrected chi connectivity index (χ2v) is 3.56. The highest BCUT2D eigenvalue weighted by molar-refractivity contribution is 5.38. The summed E-state index contributed by atoms with van der Waals surface area (Å²) < 4.78 is 0. The molecule has 0 saturated carbocycles. The van der Waals surface area contributed by atoms with E-state index in [1.165, 1.54) is 0 Å². The van der Waals surface area contributed by atoms with Gasteiger partial charge in [-0.3, -0.25) is 0 Å². The minimum atomic E-state index is -0.334. The molecule has 1 aromatic rings. The monoisotopic (exact) mass is 210 g/mol. The summed E-state index contributed by atoms with van der Waals surface area (Å²) in [5.74, 6) is 0.181. The topological polar surface area (TPSA) is 92.5 Å². The standard InChI is InChI=1S/C11H18N2O2/c12-7-10(13)9-6-8(2-1-5-14)3-4-11(9)15/h3-4,6,10,14-15H,1-2,5,7,12-13H2/t10-/m0/s1. The Kier molecular flexibility index (Phi) is 4.55. The van der Waals surface area contributed by atoms with Crippen molar-refractivity contribution < 1.29 is 10.2 Å². The molecule has 84 valence electrons. The highest BCUT2D eigenvalue weighted by Crippen LogP contribution is 2.23. The Balaban J connectivity index is 2.84. The molecule has 6 N–H and O–H groups in total. The van der Waals surface area contributed by atoms with E-state index >= 15 is 0 Å². The first kappa shape index (κ1) is 12.0. The van der Waals surface area contributed by atoms with Gasteiger partial charge in [0, 0.05) is 24.8 Å². The number of rotatable bonds is 5. The van der Waals surface area contributed by atoms with Crippen LogP contribution in [0.25, 0.3) is 0 Å². The Morgan fingerprint density at radius 1 is 1.33 bits per heavy atom. The number of aromatic hydroxyl groups is 1. The molecule has 0 aliphatic heterocycles. The molecule has 4 nitrogen and oxygen atoms in total. The maximum absolute atomic E-state index is 9.58. The second kappa shape index (κ2) is 5.70. The van der Waals surface area contributed by atoms with E-state index < -0.39 is 0 Å². The Labute approximate surface area is 89.5 Å². The van der Waals surface area contributed by atoms with Crippen molar-refractivity contribution in [3.63, 3.8) is 0 Å². The summed E-state index contributed by atoms with van der Waals surface area (Å²) in [6.45, 7) is 0.468. The smallest absolute Gasteiger partial charge is 0.120 e. The summed E-state index contributed by atoms with van der Waals surface area (Å²) >= 11 is 0. The van der Waals surface area contributed by atoms with Gasteiger partial charge in [0.15, 0.2) is 0 Å². The van der Waals surface area contributed by atoms with Crippen LogP contribution in [0.2, 0.25) is 0 Å². The third-order valence-electron chi connectivity index (χ3n) is 2.37. The van der Waals surface area contributed by atoms with Crippen LogP contribution >= 0.6 is 0 Å². The van der Waals surface area contributed by atoms with Crippen molar-refractivity contribution in [1.29, 1.82) is 0 Å². The van der Waals surface area contributed by atoms with E-state index in [1.807, 2.05) is 12.1 Å². The molecule has 0 aliphatic carbocycles. The Hall–Kier alpha value is -1.10. The van der Waals surface area contributed by atoms with Crippen LogP contribution in [-0.4, -0.2) is 23.4 Å². The quantitative estimate of drug-likeness (QED) is 0.561. The molecular formula is C11H18N2O2. The van der Waals surface area contributed by atoms with Crippen LogP contribution in [0.15, 0.2) is 18.2 Å². The van der Waals surface area contributed by atoms with Gasteiger partial charge in [0.2, 0.25) is 0 Å². The maximum Gasteiger partial charge on any atom is 0.120 e. The largest absolute Gasteiger partial charge is 0.508 e. The van der Waals surface area contributed by atoms with Crippen molar-refractivity contribution >= 4 is 0 Å². The fourth-order valence-corrected chi connectivity index (χ4v) is 1.47. The van der Waals surface area contributed by atoms with E-state index in [0.717, 1.165) is 12.0 Å². The molecule has 0 fully saturated rings. The van der Waals surface area contributed by atoms with Crippen LogP contribution in [0.5, 0.6) is 5.75 Å². The Morgan fingerprint density at radius 3 is 2.67 bits per heavy atom. The first-order valence-corrected chi connectivity index (χ1v) is 5.07. The van der Waals surface area contributed by atoms with E-state index in [1.54, 1.807) is 6.07 Å². The first-order chi connectivity index (χ1) is 7.19. The summed E-state index contributed by atoms with van der Waals surface area (Å²) in [5, 5.41) is 18.3. The Bertz CT molecular complexity index is 315. The molecule has 1 aromatic carbocycles. The molecule has 0 amide bonds. The van der Waals surface area contributed by atoms with Gasteiger partial charge in [-0.15, -0.1) is 0 Å². The zero-order valence-corrected chi connectivity index (χ0v) is 8.69. The van der Waals surface area contributed by atoms with Crippen LogP contribution in [0, 0.1) is 0 Å². The number of benzene rings is 1. The van der Waals surface area contributed by atoms with Gasteiger partial charge < -0.3 is 21.7 Å². The van der Waals surface area contributed by atoms with Gasteiger partial charge in [-0.05, 0) is 24.5 Å². The summed E-state index contributed by atoms with van der Waals surface area (Å²) in [4.78, 5) is 0. The number of aliphatic hydroxyl groups excluding tert-OH is 1. The minimum Gasteiger partial charge on any atom is -0.508 e. The highest BCUT2D eigenvalue weighted by atomic mass is 16.3. The first-order valence-electron chi connectivity index (χ1n) is 5.07. The van der Waals surface area contributed by atoms with Gasteiger partial charge in [0.25, 0.3) is 0 Å². The van der Waals surface area contributed by atoms with Crippen molar-refractivity contribution in [3.8, 4) is 5.75 Å². The molecule has 1 atom stereocenters. The molecule has 0 aliphatic rings. The number of phenols is 1. The van der Waals surface area contributed by atoms with Gasteiger partial charge in [-0.1, -0.05) is 12.1 Å². The number of phenolic OH excluding ortho intramolecular Hbond substituents is 1. The lowest BCUT2D eigenvalue weighted by Crippen LogP contribution is -2.21. The normalized spacial score (nSPS) is 12.7. The van der Waals surface area contributed by atoms with E-state index in [0.29, 0.717) is 18.5 Å². The molecular weight excluding hydrogens is 192 g/mol. The van der Waals surface area contributed by atoms with E-state index in [4.69, 9.17) is 16.6 Å². The van der Waals surface area contributed by atoms with E-state index in [2.05, 4.69) is 0 Å². The summed E-state index contributed by atoms with van der Waals surface area (Å²) in [6.07, 6.45) is 1.49. The lowest BCUT2D eigenvalue weighted by molar-refractivity contribution is 0.288. The summed E-state index contributed by atoms with van der Waals surface area (Å²) in [7, 11) is 0. The highest BCUT2D eigenvalue weighted by Gasteiger charge is 2.09. The van der Waals surface area contributed by atoms with Crippen molar-refractivity contribution in [2.75, 3.05) is 13.2 Å². The average molecular weight is 210 g/mol. The van der Waals surface area contributed by atoms with Gasteiger partial charge in [-0.2, -0.15) is 0 Å². The lowest BCUT2D eigenvalue weighted by Gasteiger charge is -2.12. The molecule has 0 radical (unpaired) electrons. The number of nitrogens with two attached hydrogens (primary N) is 2. The third kappa shape index (κ3) is 3.20. The fraction of sp³-hybridized carbons (Fsp3) is 0.455. The zero-order valence-electron chi connectivity index (χ0n) is 8.69. The number of aliphatic hydroxyl groups is 1. The van der Waals surface area contributed by atoms with Crippen molar-refractivity contribution in [2.45, 2.75) is 18.9 Å². The maximum atomic E-state index is 9.58. The fourth-order valence-electron chi connectivity index (χ4n) is 1.47. The van der Waals surface area contributed by atoms with Gasteiger partial charge in [0.05, 0.1) is 0 Å². The predicted molar refractivity (Wildman–Crippen MR) is 59.5 cm³/mol. The predicted octanol–water partition coefficient (Wildman–Crippen LogP) is 0.276. The van der Waals surface area contributed by atoms with Crippen LogP contribution in [0.1, 0.15) is 23.6 Å². The third-order valence-corrected chi connectivity index (χ3v) is 2.37. The van der Waals surface area contributed by atoms with Crippen molar-refractivity contribution in [1.82, 2.24) is 0 Å². The molecule has 0 bridgehead atoms. The van der Waals surface area contributed by atoms with E-state index in [9.17, 15) is 5.11 Å². The van der Waals surface area contributed by atoms with Crippen LogP contribution in [0.4, 0.5) is 0 Å². The molecule has 15 heavy (non-hydrogen) atoms. The lowest BCUT2D eigenvalue weighted by atomic mass is 10.0. The molecule has 0 saturated heterocycles. The summed E-state index contributed by atoms with van der Waals surface area (Å²) in [6, 6.07) is 4.97. The minimum absolute atomic E-state index is 0.166. The molecule has 0 aromatic heterocycles. The zero-order chi connectivity index (χ0) is 11.3. The Morgan fingerprint density at radius 2 is 2.07 bits per heavy atom. The second-order valence-electron chi connectivity index (χ2n) is 3.56. The molecule has 0 unspecified atom stereocenters.